The molecule has 0 saturated heterocycles. The average Bonchev–Trinajstić information content (AvgIpc) is 2.36. The fourth-order valence-corrected chi connectivity index (χ4v) is 1.53. The van der Waals surface area contributed by atoms with Crippen molar-refractivity contribution >= 4 is 23.6 Å². The Morgan fingerprint density at radius 2 is 2.11 bits per heavy atom. The van der Waals surface area contributed by atoms with E-state index in [0.29, 0.717) is 0 Å². The van der Waals surface area contributed by atoms with Crippen LogP contribution in [0.1, 0.15) is 5.56 Å². The molecule has 0 bridgehead atoms. The summed E-state index contributed by atoms with van der Waals surface area (Å²) >= 11 is 5.58. The minimum absolute atomic E-state index is 0.0119. The van der Waals surface area contributed by atoms with Crippen molar-refractivity contribution in [3.8, 4) is 0 Å². The molecule has 0 aliphatic carbocycles. The third-order valence-corrected chi connectivity index (χ3v) is 2.34. The van der Waals surface area contributed by atoms with E-state index in [-0.39, 0.29) is 17.7 Å². The van der Waals surface area contributed by atoms with E-state index in [2.05, 4.69) is 15.3 Å². The number of hydrogen-bond acceptors (Lipinski definition) is 4. The second-order valence-electron chi connectivity index (χ2n) is 3.60. The molecule has 0 saturated carbocycles. The van der Waals surface area contributed by atoms with Gasteiger partial charge in [0, 0.05) is 6.07 Å². The van der Waals surface area contributed by atoms with Crippen LogP contribution in [0.2, 0.25) is 5.15 Å². The Hall–Kier alpha value is -2.34. The van der Waals surface area contributed by atoms with E-state index in [4.69, 9.17) is 16.3 Å². The van der Waals surface area contributed by atoms with Crippen LogP contribution in [0, 0.1) is 0 Å². The smallest absolute Gasteiger partial charge is 0.414 e. The van der Waals surface area contributed by atoms with E-state index in [9.17, 15) is 9.59 Å². The molecule has 2 rings (SSSR count). The molecular weight excluding hydrogens is 270 g/mol. The normalized spacial score (nSPS) is 9.95. The summed E-state index contributed by atoms with van der Waals surface area (Å²) in [4.78, 5) is 28.6. The number of carbonyl (C=O) groups is 1. The third kappa shape index (κ3) is 4.11. The summed E-state index contributed by atoms with van der Waals surface area (Å²) in [5.41, 5.74) is 0.392. The largest absolute Gasteiger partial charge is 0.444 e. The third-order valence-electron chi connectivity index (χ3n) is 2.14. The van der Waals surface area contributed by atoms with Crippen LogP contribution in [0.3, 0.4) is 0 Å². The molecule has 0 unspecified atom stereocenters. The number of carbonyl (C=O) groups excluding carboxylic acids is 1. The highest BCUT2D eigenvalue weighted by atomic mass is 35.5. The molecule has 1 heterocycles. The van der Waals surface area contributed by atoms with Crippen LogP contribution >= 0.6 is 11.6 Å². The SMILES string of the molecule is O=C(Nc1nc(Cl)cc(=O)[nH]1)OCc1ccccc1. The van der Waals surface area contributed by atoms with Crippen LogP contribution in [0.15, 0.2) is 41.2 Å². The molecule has 7 heteroatoms. The lowest BCUT2D eigenvalue weighted by Gasteiger charge is -2.06. The number of rotatable bonds is 3. The fraction of sp³-hybridized carbons (Fsp3) is 0.0833. The maximum atomic E-state index is 11.5. The minimum atomic E-state index is -0.728. The van der Waals surface area contributed by atoms with Gasteiger partial charge in [0.2, 0.25) is 5.95 Å². The predicted molar refractivity (Wildman–Crippen MR) is 70.1 cm³/mol. The molecule has 1 aromatic heterocycles. The molecule has 6 nitrogen and oxygen atoms in total. The number of hydrogen-bond donors (Lipinski definition) is 2. The standard InChI is InChI=1S/C12H10ClN3O3/c13-9-6-10(17)15-11(14-9)16-12(18)19-7-8-4-2-1-3-5-8/h1-6H,7H2,(H2,14,15,16,17,18). The van der Waals surface area contributed by atoms with Gasteiger partial charge in [0.1, 0.15) is 11.8 Å². The molecule has 0 aliphatic rings. The Labute approximate surface area is 113 Å². The molecule has 2 aromatic rings. The first-order valence-corrected chi connectivity index (χ1v) is 5.76. The summed E-state index contributed by atoms with van der Waals surface area (Å²) < 4.78 is 4.96. The summed E-state index contributed by atoms with van der Waals surface area (Å²) in [6.07, 6.45) is -0.728. The summed E-state index contributed by atoms with van der Waals surface area (Å²) in [6.45, 7) is 0.122. The zero-order valence-corrected chi connectivity index (χ0v) is 10.5. The van der Waals surface area contributed by atoms with Crippen LogP contribution in [0.4, 0.5) is 10.7 Å². The van der Waals surface area contributed by atoms with Gasteiger partial charge in [-0.25, -0.2) is 9.78 Å². The van der Waals surface area contributed by atoms with E-state index in [1.807, 2.05) is 30.3 Å². The summed E-state index contributed by atoms with van der Waals surface area (Å²) in [5.74, 6) is -0.0597. The average molecular weight is 280 g/mol. The maximum Gasteiger partial charge on any atom is 0.414 e. The van der Waals surface area contributed by atoms with Crippen LogP contribution < -0.4 is 10.9 Å². The number of nitrogens with zero attached hydrogens (tertiary/aromatic N) is 1. The Kier molecular flexibility index (Phi) is 4.15. The first kappa shape index (κ1) is 13.1. The van der Waals surface area contributed by atoms with Gasteiger partial charge in [-0.3, -0.25) is 15.1 Å². The lowest BCUT2D eigenvalue weighted by Crippen LogP contribution is -2.18. The van der Waals surface area contributed by atoms with Crippen LogP contribution in [0.25, 0.3) is 0 Å². The number of amides is 1. The molecule has 0 spiro atoms. The zero-order chi connectivity index (χ0) is 13.7. The number of anilines is 1. The van der Waals surface area contributed by atoms with Crippen molar-refractivity contribution in [3.05, 3.63) is 57.5 Å². The molecule has 0 atom stereocenters. The van der Waals surface area contributed by atoms with Crippen molar-refractivity contribution in [2.45, 2.75) is 6.61 Å². The molecule has 19 heavy (non-hydrogen) atoms. The molecule has 0 fully saturated rings. The number of benzene rings is 1. The van der Waals surface area contributed by atoms with E-state index < -0.39 is 11.7 Å². The molecular formula is C12H10ClN3O3. The van der Waals surface area contributed by atoms with Crippen molar-refractivity contribution in [3.63, 3.8) is 0 Å². The second kappa shape index (κ2) is 6.01. The Bertz CT molecular complexity index is 628. The van der Waals surface area contributed by atoms with Gasteiger partial charge in [0.05, 0.1) is 0 Å². The number of aromatic amines is 1. The van der Waals surface area contributed by atoms with Crippen LogP contribution in [-0.4, -0.2) is 16.1 Å². The van der Waals surface area contributed by atoms with E-state index in [1.54, 1.807) is 0 Å². The summed E-state index contributed by atoms with van der Waals surface area (Å²) in [5, 5.41) is 2.27. The lowest BCUT2D eigenvalue weighted by atomic mass is 10.2. The van der Waals surface area contributed by atoms with Gasteiger partial charge < -0.3 is 4.74 Å². The Balaban J connectivity index is 1.92. The van der Waals surface area contributed by atoms with Gasteiger partial charge in [0.15, 0.2) is 0 Å². The van der Waals surface area contributed by atoms with Gasteiger partial charge in [-0.15, -0.1) is 0 Å². The predicted octanol–water partition coefficient (Wildman–Crippen LogP) is 2.17. The molecule has 0 aliphatic heterocycles. The fourth-order valence-electron chi connectivity index (χ4n) is 1.34. The van der Waals surface area contributed by atoms with E-state index in [0.717, 1.165) is 11.6 Å². The number of nitrogens with one attached hydrogen (secondary N) is 2. The number of H-pyrrole nitrogens is 1. The van der Waals surface area contributed by atoms with Crippen molar-refractivity contribution in [2.75, 3.05) is 5.32 Å². The van der Waals surface area contributed by atoms with Crippen molar-refractivity contribution < 1.29 is 9.53 Å². The minimum Gasteiger partial charge on any atom is -0.444 e. The number of aromatic nitrogens is 2. The van der Waals surface area contributed by atoms with E-state index >= 15 is 0 Å². The first-order valence-electron chi connectivity index (χ1n) is 5.38. The number of ether oxygens (including phenoxy) is 1. The first-order chi connectivity index (χ1) is 9.13. The Morgan fingerprint density at radius 1 is 1.37 bits per heavy atom. The van der Waals surface area contributed by atoms with Crippen molar-refractivity contribution in [2.24, 2.45) is 0 Å². The van der Waals surface area contributed by atoms with Gasteiger partial charge in [0.25, 0.3) is 5.56 Å². The van der Waals surface area contributed by atoms with Crippen LogP contribution in [0.5, 0.6) is 0 Å². The van der Waals surface area contributed by atoms with Gasteiger partial charge >= 0.3 is 6.09 Å². The maximum absolute atomic E-state index is 11.5. The monoisotopic (exact) mass is 279 g/mol. The van der Waals surface area contributed by atoms with Gasteiger partial charge in [-0.05, 0) is 5.56 Å². The second-order valence-corrected chi connectivity index (χ2v) is 3.99. The molecule has 1 aromatic carbocycles. The highest BCUT2D eigenvalue weighted by molar-refractivity contribution is 6.29. The van der Waals surface area contributed by atoms with Gasteiger partial charge in [-0.1, -0.05) is 41.9 Å². The summed E-state index contributed by atoms with van der Waals surface area (Å²) in [6, 6.07) is 10.3. The van der Waals surface area contributed by atoms with E-state index in [1.165, 1.54) is 0 Å². The lowest BCUT2D eigenvalue weighted by molar-refractivity contribution is 0.155. The molecule has 0 radical (unpaired) electrons. The van der Waals surface area contributed by atoms with Crippen molar-refractivity contribution in [1.82, 2.24) is 9.97 Å². The number of halogens is 1. The highest BCUT2D eigenvalue weighted by Crippen LogP contribution is 2.05. The molecule has 98 valence electrons. The highest BCUT2D eigenvalue weighted by Gasteiger charge is 2.06. The Morgan fingerprint density at radius 3 is 2.79 bits per heavy atom. The van der Waals surface area contributed by atoms with Crippen molar-refractivity contribution in [1.29, 1.82) is 0 Å². The summed E-state index contributed by atoms with van der Waals surface area (Å²) in [7, 11) is 0. The molecule has 1 amide bonds. The topological polar surface area (TPSA) is 84.1 Å². The van der Waals surface area contributed by atoms with Gasteiger partial charge in [-0.2, -0.15) is 0 Å². The quantitative estimate of drug-likeness (QED) is 0.843. The van der Waals surface area contributed by atoms with Crippen LogP contribution in [-0.2, 0) is 11.3 Å². The zero-order valence-electron chi connectivity index (χ0n) is 9.72. The molecule has 2 N–H and O–H groups in total.